The average molecular weight is 321 g/mol. The number of carbonyl (C=O) groups excluding carboxylic acids is 1. The van der Waals surface area contributed by atoms with Crippen LogP contribution in [0.1, 0.15) is 35.6 Å². The third-order valence-corrected chi connectivity index (χ3v) is 3.52. The Morgan fingerprint density at radius 3 is 2.74 bits per heavy atom. The number of Topliss-reactive ketones (excluding diaryl/α,β-unsaturated/α-hetero) is 1. The summed E-state index contributed by atoms with van der Waals surface area (Å²) in [5.41, 5.74) is 2.69. The molecule has 3 nitrogen and oxygen atoms in total. The molecule has 2 aromatic rings. The van der Waals surface area contributed by atoms with Crippen molar-refractivity contribution in [2.24, 2.45) is 0 Å². The minimum absolute atomic E-state index is 0.118. The summed E-state index contributed by atoms with van der Waals surface area (Å²) in [5.74, 6) is 0.118. The number of ketones is 1. The monoisotopic (exact) mass is 320 g/mol. The molecule has 0 saturated carbocycles. The van der Waals surface area contributed by atoms with Crippen LogP contribution >= 0.6 is 15.9 Å². The smallest absolute Gasteiger partial charge is 0.185 e. The Hall–Kier alpha value is -1.42. The highest BCUT2D eigenvalue weighted by Gasteiger charge is 2.14. The molecule has 1 aromatic heterocycles. The van der Waals surface area contributed by atoms with E-state index in [0.29, 0.717) is 12.1 Å². The summed E-state index contributed by atoms with van der Waals surface area (Å²) in [6.45, 7) is 4.77. The van der Waals surface area contributed by atoms with E-state index in [0.717, 1.165) is 28.7 Å². The van der Waals surface area contributed by atoms with Crippen molar-refractivity contribution in [3.63, 3.8) is 0 Å². The Labute approximate surface area is 121 Å². The number of rotatable bonds is 5. The number of nitrogens with zero attached hydrogens (tertiary/aromatic N) is 2. The lowest BCUT2D eigenvalue weighted by Crippen LogP contribution is -2.11. The topological polar surface area (TPSA) is 34.9 Å². The average Bonchev–Trinajstić information content (AvgIpc) is 2.82. The lowest BCUT2D eigenvalue weighted by atomic mass is 10.1. The van der Waals surface area contributed by atoms with E-state index < -0.39 is 0 Å². The van der Waals surface area contributed by atoms with Crippen molar-refractivity contribution in [1.29, 1.82) is 0 Å². The maximum absolute atomic E-state index is 12.4. The molecule has 0 aliphatic carbocycles. The first kappa shape index (κ1) is 14.0. The van der Waals surface area contributed by atoms with Gasteiger partial charge >= 0.3 is 0 Å². The van der Waals surface area contributed by atoms with Crippen molar-refractivity contribution in [1.82, 2.24) is 9.78 Å². The molecule has 0 spiro atoms. The van der Waals surface area contributed by atoms with Crippen LogP contribution in [0.2, 0.25) is 0 Å². The van der Waals surface area contributed by atoms with Crippen LogP contribution in [0.3, 0.4) is 0 Å². The number of aryl methyl sites for hydroxylation is 2. The standard InChI is InChI=1S/C15H17BrN2O/c1-3-13-10-14(18(4-2)17-13)15(19)9-11-6-5-7-12(16)8-11/h5-8,10H,3-4,9H2,1-2H3. The first-order valence-corrected chi connectivity index (χ1v) is 7.27. The summed E-state index contributed by atoms with van der Waals surface area (Å²) in [7, 11) is 0. The lowest BCUT2D eigenvalue weighted by molar-refractivity contribution is 0.0983. The minimum Gasteiger partial charge on any atom is -0.292 e. The molecule has 4 heteroatoms. The van der Waals surface area contributed by atoms with Crippen LogP contribution in [0.15, 0.2) is 34.8 Å². The molecular formula is C15H17BrN2O. The van der Waals surface area contributed by atoms with Crippen molar-refractivity contribution in [2.75, 3.05) is 0 Å². The third kappa shape index (κ3) is 3.32. The zero-order chi connectivity index (χ0) is 13.8. The van der Waals surface area contributed by atoms with Gasteiger partial charge in [-0.15, -0.1) is 0 Å². The van der Waals surface area contributed by atoms with E-state index in [9.17, 15) is 4.79 Å². The van der Waals surface area contributed by atoms with Gasteiger partial charge in [-0.1, -0.05) is 35.0 Å². The van der Waals surface area contributed by atoms with Crippen LogP contribution in [0.4, 0.5) is 0 Å². The predicted molar refractivity (Wildman–Crippen MR) is 79.5 cm³/mol. The van der Waals surface area contributed by atoms with E-state index in [1.165, 1.54) is 0 Å². The summed E-state index contributed by atoms with van der Waals surface area (Å²) in [4.78, 5) is 12.4. The molecule has 0 amide bonds. The number of hydrogen-bond donors (Lipinski definition) is 0. The van der Waals surface area contributed by atoms with Gasteiger partial charge < -0.3 is 0 Å². The van der Waals surface area contributed by atoms with E-state index >= 15 is 0 Å². The molecular weight excluding hydrogens is 304 g/mol. The van der Waals surface area contributed by atoms with Gasteiger partial charge in [0, 0.05) is 17.4 Å². The maximum atomic E-state index is 12.4. The molecule has 2 rings (SSSR count). The first-order chi connectivity index (χ1) is 9.13. The van der Waals surface area contributed by atoms with Crippen molar-refractivity contribution in [3.05, 3.63) is 51.8 Å². The van der Waals surface area contributed by atoms with E-state index in [4.69, 9.17) is 0 Å². The van der Waals surface area contributed by atoms with Gasteiger partial charge in [0.1, 0.15) is 5.69 Å². The third-order valence-electron chi connectivity index (χ3n) is 3.03. The highest BCUT2D eigenvalue weighted by molar-refractivity contribution is 9.10. The van der Waals surface area contributed by atoms with Crippen LogP contribution in [-0.4, -0.2) is 15.6 Å². The van der Waals surface area contributed by atoms with Crippen LogP contribution in [0, 0.1) is 0 Å². The van der Waals surface area contributed by atoms with Gasteiger partial charge in [0.2, 0.25) is 0 Å². The van der Waals surface area contributed by atoms with Crippen molar-refractivity contribution >= 4 is 21.7 Å². The summed E-state index contributed by atoms with van der Waals surface area (Å²) in [5, 5.41) is 4.41. The number of benzene rings is 1. The fourth-order valence-corrected chi connectivity index (χ4v) is 2.48. The Bertz CT molecular complexity index is 590. The van der Waals surface area contributed by atoms with Crippen LogP contribution < -0.4 is 0 Å². The number of halogens is 1. The normalized spacial score (nSPS) is 10.7. The number of hydrogen-bond acceptors (Lipinski definition) is 2. The molecule has 100 valence electrons. The van der Waals surface area contributed by atoms with E-state index in [1.807, 2.05) is 44.2 Å². The highest BCUT2D eigenvalue weighted by atomic mass is 79.9. The van der Waals surface area contributed by atoms with Gasteiger partial charge in [0.15, 0.2) is 5.78 Å². The van der Waals surface area contributed by atoms with Crippen molar-refractivity contribution in [3.8, 4) is 0 Å². The fourth-order valence-electron chi connectivity index (χ4n) is 2.03. The Kier molecular flexibility index (Phi) is 4.53. The molecule has 1 heterocycles. The van der Waals surface area contributed by atoms with E-state index in [1.54, 1.807) is 4.68 Å². The van der Waals surface area contributed by atoms with Crippen LogP contribution in [-0.2, 0) is 19.4 Å². The lowest BCUT2D eigenvalue weighted by Gasteiger charge is -2.04. The highest BCUT2D eigenvalue weighted by Crippen LogP contribution is 2.15. The zero-order valence-corrected chi connectivity index (χ0v) is 12.8. The summed E-state index contributed by atoms with van der Waals surface area (Å²) in [6, 6.07) is 9.76. The van der Waals surface area contributed by atoms with Gasteiger partial charge in [0.25, 0.3) is 0 Å². The molecule has 0 fully saturated rings. The Balaban J connectivity index is 2.22. The molecule has 0 N–H and O–H groups in total. The molecule has 0 unspecified atom stereocenters. The van der Waals surface area contributed by atoms with E-state index in [2.05, 4.69) is 21.0 Å². The van der Waals surface area contributed by atoms with Gasteiger partial charge in [-0.3, -0.25) is 9.48 Å². The van der Waals surface area contributed by atoms with Crippen LogP contribution in [0.25, 0.3) is 0 Å². The summed E-state index contributed by atoms with van der Waals surface area (Å²) in [6.07, 6.45) is 1.26. The van der Waals surface area contributed by atoms with Gasteiger partial charge in [-0.05, 0) is 37.1 Å². The van der Waals surface area contributed by atoms with Crippen LogP contribution in [0.5, 0.6) is 0 Å². The van der Waals surface area contributed by atoms with Gasteiger partial charge in [0.05, 0.1) is 5.69 Å². The molecule has 1 aromatic carbocycles. The van der Waals surface area contributed by atoms with Crippen molar-refractivity contribution in [2.45, 2.75) is 33.2 Å². The van der Waals surface area contributed by atoms with E-state index in [-0.39, 0.29) is 5.78 Å². The largest absolute Gasteiger partial charge is 0.292 e. The summed E-state index contributed by atoms with van der Waals surface area (Å²) >= 11 is 3.42. The summed E-state index contributed by atoms with van der Waals surface area (Å²) < 4.78 is 2.79. The second kappa shape index (κ2) is 6.15. The van der Waals surface area contributed by atoms with Gasteiger partial charge in [-0.25, -0.2) is 0 Å². The van der Waals surface area contributed by atoms with Gasteiger partial charge in [-0.2, -0.15) is 5.10 Å². The molecule has 0 aliphatic rings. The zero-order valence-electron chi connectivity index (χ0n) is 11.2. The minimum atomic E-state index is 0.118. The Morgan fingerprint density at radius 1 is 1.32 bits per heavy atom. The predicted octanol–water partition coefficient (Wildman–Crippen LogP) is 3.65. The maximum Gasteiger partial charge on any atom is 0.185 e. The quantitative estimate of drug-likeness (QED) is 0.788. The SMILES string of the molecule is CCc1cc(C(=O)Cc2cccc(Br)c2)n(CC)n1. The molecule has 19 heavy (non-hydrogen) atoms. The molecule has 0 aliphatic heterocycles. The Morgan fingerprint density at radius 2 is 2.11 bits per heavy atom. The second-order valence-corrected chi connectivity index (χ2v) is 5.34. The molecule has 0 radical (unpaired) electrons. The number of aromatic nitrogens is 2. The first-order valence-electron chi connectivity index (χ1n) is 6.48. The molecule has 0 atom stereocenters. The molecule has 0 bridgehead atoms. The second-order valence-electron chi connectivity index (χ2n) is 4.42. The van der Waals surface area contributed by atoms with Crippen molar-refractivity contribution < 1.29 is 4.79 Å². The fraction of sp³-hybridized carbons (Fsp3) is 0.333. The molecule has 0 saturated heterocycles. The number of carbonyl (C=O) groups is 1.